The van der Waals surface area contributed by atoms with E-state index in [0.717, 1.165) is 0 Å². The van der Waals surface area contributed by atoms with Crippen LogP contribution in [0.2, 0.25) is 0 Å². The van der Waals surface area contributed by atoms with E-state index in [-0.39, 0.29) is 12.2 Å². The highest BCUT2D eigenvalue weighted by Crippen LogP contribution is 2.29. The fourth-order valence-corrected chi connectivity index (χ4v) is 1.91. The first kappa shape index (κ1) is 12.4. The van der Waals surface area contributed by atoms with E-state index in [1.807, 2.05) is 0 Å². The Kier molecular flexibility index (Phi) is 2.96. The summed E-state index contributed by atoms with van der Waals surface area (Å²) in [4.78, 5) is 22.9. The van der Waals surface area contributed by atoms with Crippen molar-refractivity contribution in [1.29, 1.82) is 0 Å². The van der Waals surface area contributed by atoms with Gasteiger partial charge in [-0.05, 0) is 18.2 Å². The number of carbonyl (C=O) groups excluding carboxylic acids is 1. The van der Waals surface area contributed by atoms with E-state index in [1.54, 1.807) is 18.2 Å². The highest BCUT2D eigenvalue weighted by molar-refractivity contribution is 5.92. The van der Waals surface area contributed by atoms with Crippen LogP contribution in [0.15, 0.2) is 33.7 Å². The summed E-state index contributed by atoms with van der Waals surface area (Å²) < 4.78 is 15.1. The molecule has 1 aromatic carbocycles. The predicted octanol–water partition coefficient (Wildman–Crippen LogP) is 1.17. The molecule has 0 aromatic heterocycles. The van der Waals surface area contributed by atoms with Crippen LogP contribution >= 0.6 is 0 Å². The van der Waals surface area contributed by atoms with Crippen LogP contribution in [-0.4, -0.2) is 29.9 Å². The maximum absolute atomic E-state index is 11.5. The van der Waals surface area contributed by atoms with Gasteiger partial charge in [0, 0.05) is 12.5 Å². The van der Waals surface area contributed by atoms with Gasteiger partial charge in [-0.2, -0.15) is 5.10 Å². The lowest BCUT2D eigenvalue weighted by molar-refractivity contribution is -0.138. The number of H-pyrrole nitrogens is 1. The molecule has 0 bridgehead atoms. The van der Waals surface area contributed by atoms with Crippen molar-refractivity contribution in [2.75, 3.05) is 13.7 Å². The first-order valence-electron chi connectivity index (χ1n) is 5.78. The van der Waals surface area contributed by atoms with Crippen LogP contribution in [0.1, 0.15) is 0 Å². The number of benzene rings is 1. The first-order valence-corrected chi connectivity index (χ1v) is 5.78. The number of methoxy groups -OCH3 is 1. The van der Waals surface area contributed by atoms with Crippen molar-refractivity contribution in [3.63, 3.8) is 0 Å². The topological polar surface area (TPSA) is 94.4 Å². The standard InChI is InChI=1S/C13H10N2O5/c1-18-6-11(16)20-7-2-3-10-8(4-7)12-9(5-19-10)13(17)15-14-12/h2-5H,6H2,1H3,(H,15,17). The van der Waals surface area contributed by atoms with Gasteiger partial charge >= 0.3 is 5.97 Å². The molecule has 102 valence electrons. The number of aromatic nitrogens is 2. The van der Waals surface area contributed by atoms with Gasteiger partial charge in [-0.15, -0.1) is 0 Å². The fourth-order valence-electron chi connectivity index (χ4n) is 1.91. The fraction of sp³-hybridized carbons (Fsp3) is 0.154. The second-order valence-electron chi connectivity index (χ2n) is 4.12. The van der Waals surface area contributed by atoms with Crippen LogP contribution in [0.4, 0.5) is 0 Å². The van der Waals surface area contributed by atoms with E-state index >= 15 is 0 Å². The number of ether oxygens (including phenoxy) is 2. The monoisotopic (exact) mass is 274 g/mol. The zero-order valence-corrected chi connectivity index (χ0v) is 10.5. The number of hydrogen-bond donors (Lipinski definition) is 1. The van der Waals surface area contributed by atoms with Gasteiger partial charge in [0.25, 0.3) is 5.56 Å². The largest absolute Gasteiger partial charge is 0.463 e. The van der Waals surface area contributed by atoms with Crippen LogP contribution in [0, 0.1) is 0 Å². The molecule has 1 aromatic rings. The molecule has 2 aliphatic rings. The van der Waals surface area contributed by atoms with E-state index < -0.39 is 5.97 Å². The quantitative estimate of drug-likeness (QED) is 0.569. The summed E-state index contributed by atoms with van der Waals surface area (Å²) >= 11 is 0. The number of esters is 1. The van der Waals surface area contributed by atoms with E-state index in [9.17, 15) is 9.59 Å². The lowest BCUT2D eigenvalue weighted by Gasteiger charge is -2.06. The van der Waals surface area contributed by atoms with Crippen molar-refractivity contribution >= 4 is 16.9 Å². The van der Waals surface area contributed by atoms with Gasteiger partial charge in [0.05, 0.1) is 0 Å². The van der Waals surface area contributed by atoms with Crippen molar-refractivity contribution in [3.8, 4) is 17.0 Å². The molecule has 7 nitrogen and oxygen atoms in total. The number of rotatable bonds is 3. The smallest absolute Gasteiger partial charge is 0.337 e. The molecule has 0 aliphatic carbocycles. The predicted molar refractivity (Wildman–Crippen MR) is 68.8 cm³/mol. The summed E-state index contributed by atoms with van der Waals surface area (Å²) in [6.45, 7) is -0.139. The van der Waals surface area contributed by atoms with E-state index in [1.165, 1.54) is 13.4 Å². The zero-order chi connectivity index (χ0) is 14.1. The molecular weight excluding hydrogens is 264 g/mol. The lowest BCUT2D eigenvalue weighted by atomic mass is 10.1. The van der Waals surface area contributed by atoms with Crippen molar-refractivity contribution in [2.24, 2.45) is 0 Å². The molecule has 0 saturated heterocycles. The van der Waals surface area contributed by atoms with Crippen LogP contribution in [0.5, 0.6) is 5.75 Å². The third-order valence-corrected chi connectivity index (χ3v) is 2.77. The van der Waals surface area contributed by atoms with Crippen LogP contribution < -0.4 is 10.3 Å². The minimum Gasteiger partial charge on any atom is -0.463 e. The van der Waals surface area contributed by atoms with Gasteiger partial charge in [0.15, 0.2) is 0 Å². The zero-order valence-electron chi connectivity index (χ0n) is 10.5. The third-order valence-electron chi connectivity index (χ3n) is 2.77. The van der Waals surface area contributed by atoms with Crippen LogP contribution in [-0.2, 0) is 9.53 Å². The van der Waals surface area contributed by atoms with Gasteiger partial charge in [0.2, 0.25) is 0 Å². The maximum atomic E-state index is 11.5. The average molecular weight is 274 g/mol. The third kappa shape index (κ3) is 2.04. The Morgan fingerprint density at radius 3 is 3.10 bits per heavy atom. The summed E-state index contributed by atoms with van der Waals surface area (Å²) in [5.74, 6) is -0.180. The van der Waals surface area contributed by atoms with Crippen molar-refractivity contribution in [3.05, 3.63) is 34.8 Å². The Morgan fingerprint density at radius 1 is 1.45 bits per heavy atom. The Balaban J connectivity index is 2.07. The first-order chi connectivity index (χ1) is 9.69. The summed E-state index contributed by atoms with van der Waals surface area (Å²) in [7, 11) is 1.41. The Labute approximate surface area is 112 Å². The number of aromatic amines is 1. The summed E-state index contributed by atoms with van der Waals surface area (Å²) in [6.07, 6.45) is 1.35. The van der Waals surface area contributed by atoms with Gasteiger partial charge in [-0.1, -0.05) is 0 Å². The highest BCUT2D eigenvalue weighted by atomic mass is 16.6. The Hall–Kier alpha value is -2.67. The molecule has 0 fully saturated rings. The second kappa shape index (κ2) is 4.78. The summed E-state index contributed by atoms with van der Waals surface area (Å²) in [5, 5.41) is 6.88. The minimum absolute atomic E-state index is 0.139. The number of carbonyl (C=O) groups is 1. The molecule has 0 radical (unpaired) electrons. The van der Waals surface area contributed by atoms with Gasteiger partial charge in [-0.3, -0.25) is 4.79 Å². The molecule has 1 N–H and O–H groups in total. The summed E-state index contributed by atoms with van der Waals surface area (Å²) in [6, 6.07) is 4.83. The van der Waals surface area contributed by atoms with Crippen LogP contribution in [0.3, 0.4) is 0 Å². The number of nitrogens with zero attached hydrogens (tertiary/aromatic N) is 1. The second-order valence-corrected chi connectivity index (χ2v) is 4.12. The average Bonchev–Trinajstić information content (AvgIpc) is 2.81. The number of fused-ring (bicyclic) bond motifs is 3. The van der Waals surface area contributed by atoms with Gasteiger partial charge < -0.3 is 13.9 Å². The Morgan fingerprint density at radius 2 is 2.30 bits per heavy atom. The number of nitrogens with one attached hydrogen (secondary N) is 1. The van der Waals surface area contributed by atoms with E-state index in [0.29, 0.717) is 28.0 Å². The normalized spacial score (nSPS) is 11.1. The van der Waals surface area contributed by atoms with Gasteiger partial charge in [-0.25, -0.2) is 9.89 Å². The molecule has 2 aliphatic heterocycles. The van der Waals surface area contributed by atoms with Crippen LogP contribution in [0.25, 0.3) is 22.2 Å². The van der Waals surface area contributed by atoms with Crippen molar-refractivity contribution in [1.82, 2.24) is 10.2 Å². The highest BCUT2D eigenvalue weighted by Gasteiger charge is 2.16. The molecular formula is C13H10N2O5. The number of hydrogen-bond acceptors (Lipinski definition) is 6. The maximum Gasteiger partial charge on any atom is 0.337 e. The SMILES string of the molecule is COCC(=O)Oc1ccc2occ3c(=O)[nH]nc-3c2c1. The lowest BCUT2D eigenvalue weighted by Crippen LogP contribution is -2.14. The molecule has 3 rings (SSSR count). The molecule has 0 unspecified atom stereocenters. The molecule has 7 heteroatoms. The molecule has 2 heterocycles. The van der Waals surface area contributed by atoms with E-state index in [4.69, 9.17) is 9.15 Å². The molecule has 20 heavy (non-hydrogen) atoms. The molecule has 0 atom stereocenters. The minimum atomic E-state index is -0.512. The van der Waals surface area contributed by atoms with E-state index in [2.05, 4.69) is 14.9 Å². The summed E-state index contributed by atoms with van der Waals surface area (Å²) in [5.41, 5.74) is 1.03. The van der Waals surface area contributed by atoms with Crippen molar-refractivity contribution < 1.29 is 18.7 Å². The van der Waals surface area contributed by atoms with Gasteiger partial charge in [0.1, 0.15) is 35.5 Å². The molecule has 0 spiro atoms. The Bertz CT molecular complexity index is 804. The van der Waals surface area contributed by atoms with Crippen molar-refractivity contribution in [2.45, 2.75) is 0 Å². The molecule has 0 saturated carbocycles. The molecule has 0 amide bonds.